The second-order valence-electron chi connectivity index (χ2n) is 7.49. The number of nitrogens with zero attached hydrogens (tertiary/aromatic N) is 1. The number of sulfonamides is 1. The van der Waals surface area contributed by atoms with Crippen molar-refractivity contribution < 1.29 is 27.5 Å². The van der Waals surface area contributed by atoms with Crippen molar-refractivity contribution in [3.63, 3.8) is 0 Å². The van der Waals surface area contributed by atoms with Crippen molar-refractivity contribution in [3.8, 4) is 0 Å². The van der Waals surface area contributed by atoms with Crippen LogP contribution in [0.4, 0.5) is 4.39 Å². The van der Waals surface area contributed by atoms with Gasteiger partial charge in [-0.15, -0.1) is 0 Å². The van der Waals surface area contributed by atoms with Crippen LogP contribution in [0.25, 0.3) is 5.57 Å². The largest absolute Gasteiger partial charge is 0.480 e. The van der Waals surface area contributed by atoms with Crippen molar-refractivity contribution in [2.75, 3.05) is 19.3 Å². The Morgan fingerprint density at radius 1 is 1.22 bits per heavy atom. The molecule has 0 bridgehead atoms. The van der Waals surface area contributed by atoms with Crippen LogP contribution in [0.1, 0.15) is 27.9 Å². The van der Waals surface area contributed by atoms with Crippen molar-refractivity contribution in [3.05, 3.63) is 76.1 Å². The summed E-state index contributed by atoms with van der Waals surface area (Å²) in [7, 11) is -3.22. The zero-order valence-electron chi connectivity index (χ0n) is 17.2. The van der Waals surface area contributed by atoms with E-state index in [1.165, 1.54) is 16.6 Å². The molecule has 0 unspecified atom stereocenters. The molecule has 2 aromatic rings. The quantitative estimate of drug-likeness (QED) is 0.634. The first-order valence-corrected chi connectivity index (χ1v) is 12.0. The second kappa shape index (κ2) is 9.81. The molecule has 0 aliphatic carbocycles. The van der Waals surface area contributed by atoms with Crippen LogP contribution in [-0.4, -0.2) is 55.1 Å². The Kier molecular flexibility index (Phi) is 7.33. The van der Waals surface area contributed by atoms with Gasteiger partial charge in [0.2, 0.25) is 10.0 Å². The molecule has 1 amide bonds. The first kappa shape index (κ1) is 23.9. The highest BCUT2D eigenvalue weighted by Gasteiger charge is 2.23. The van der Waals surface area contributed by atoms with Gasteiger partial charge in [0.25, 0.3) is 5.91 Å². The molecule has 10 heteroatoms. The number of hydrogen-bond acceptors (Lipinski definition) is 4. The van der Waals surface area contributed by atoms with E-state index in [1.54, 1.807) is 12.1 Å². The van der Waals surface area contributed by atoms with Gasteiger partial charge in [-0.2, -0.15) is 4.31 Å². The maximum absolute atomic E-state index is 13.2. The van der Waals surface area contributed by atoms with E-state index in [4.69, 9.17) is 11.6 Å². The third-order valence-corrected chi connectivity index (χ3v) is 6.77. The molecule has 7 nitrogen and oxygen atoms in total. The van der Waals surface area contributed by atoms with Gasteiger partial charge in [0.1, 0.15) is 11.9 Å². The van der Waals surface area contributed by atoms with Gasteiger partial charge in [-0.05, 0) is 41.3 Å². The van der Waals surface area contributed by atoms with E-state index in [2.05, 4.69) is 5.32 Å². The lowest BCUT2D eigenvalue weighted by Gasteiger charge is -2.24. The molecule has 3 rings (SSSR count). The Labute approximate surface area is 190 Å². The Bertz CT molecular complexity index is 1170. The van der Waals surface area contributed by atoms with E-state index in [1.807, 2.05) is 18.2 Å². The van der Waals surface area contributed by atoms with E-state index in [0.29, 0.717) is 25.1 Å². The predicted molar refractivity (Wildman–Crippen MR) is 119 cm³/mol. The molecule has 1 atom stereocenters. The molecule has 0 aromatic heterocycles. The zero-order chi connectivity index (χ0) is 23.5. The van der Waals surface area contributed by atoms with E-state index in [-0.39, 0.29) is 17.0 Å². The summed E-state index contributed by atoms with van der Waals surface area (Å²) in [6.45, 7) is 0.723. The number of benzene rings is 2. The molecule has 170 valence electrons. The number of carbonyl (C=O) groups is 2. The van der Waals surface area contributed by atoms with Crippen LogP contribution in [0, 0.1) is 5.82 Å². The normalized spacial score (nSPS) is 15.7. The summed E-state index contributed by atoms with van der Waals surface area (Å²) in [5.74, 6) is -2.52. The lowest BCUT2D eigenvalue weighted by molar-refractivity contribution is -0.139. The van der Waals surface area contributed by atoms with Crippen LogP contribution in [0.2, 0.25) is 5.02 Å². The fourth-order valence-electron chi connectivity index (χ4n) is 3.41. The molecular formula is C22H22ClFN2O5S. The Balaban J connectivity index is 1.68. The van der Waals surface area contributed by atoms with Crippen LogP contribution in [-0.2, 0) is 21.2 Å². The first-order chi connectivity index (χ1) is 15.0. The highest BCUT2D eigenvalue weighted by Crippen LogP contribution is 2.24. The van der Waals surface area contributed by atoms with Crippen LogP contribution < -0.4 is 5.32 Å². The van der Waals surface area contributed by atoms with E-state index in [9.17, 15) is 27.5 Å². The molecule has 1 aliphatic rings. The van der Waals surface area contributed by atoms with Crippen molar-refractivity contribution in [2.24, 2.45) is 0 Å². The van der Waals surface area contributed by atoms with E-state index >= 15 is 0 Å². The molecule has 0 saturated heterocycles. The summed E-state index contributed by atoms with van der Waals surface area (Å²) in [4.78, 5) is 24.1. The fourth-order valence-corrected chi connectivity index (χ4v) is 4.44. The average Bonchev–Trinajstić information content (AvgIpc) is 2.73. The summed E-state index contributed by atoms with van der Waals surface area (Å²) >= 11 is 5.88. The highest BCUT2D eigenvalue weighted by molar-refractivity contribution is 7.88. The molecule has 0 spiro atoms. The smallest absolute Gasteiger partial charge is 0.326 e. The molecule has 32 heavy (non-hydrogen) atoms. The number of halogens is 2. The summed E-state index contributed by atoms with van der Waals surface area (Å²) < 4.78 is 37.8. The summed E-state index contributed by atoms with van der Waals surface area (Å²) in [6.07, 6.45) is 3.67. The van der Waals surface area contributed by atoms with Crippen LogP contribution in [0.5, 0.6) is 0 Å². The molecule has 0 fully saturated rings. The van der Waals surface area contributed by atoms with Crippen molar-refractivity contribution >= 4 is 39.1 Å². The number of hydrogen-bond donors (Lipinski definition) is 2. The molecular weight excluding hydrogens is 459 g/mol. The van der Waals surface area contributed by atoms with E-state index < -0.39 is 33.8 Å². The van der Waals surface area contributed by atoms with Gasteiger partial charge in [0, 0.05) is 19.5 Å². The van der Waals surface area contributed by atoms with Crippen LogP contribution >= 0.6 is 11.6 Å². The first-order valence-electron chi connectivity index (χ1n) is 9.77. The minimum atomic E-state index is -3.22. The number of carbonyl (C=O) groups excluding carboxylic acids is 1. The summed E-state index contributed by atoms with van der Waals surface area (Å²) in [5.41, 5.74) is 2.63. The minimum absolute atomic E-state index is 0.0120. The lowest BCUT2D eigenvalue weighted by Crippen LogP contribution is -2.42. The lowest BCUT2D eigenvalue weighted by atomic mass is 9.97. The van der Waals surface area contributed by atoms with Gasteiger partial charge in [-0.25, -0.2) is 17.6 Å². The zero-order valence-corrected chi connectivity index (χ0v) is 18.8. The third-order valence-electron chi connectivity index (χ3n) is 5.18. The SMILES string of the molecule is CS(=O)(=O)N1CC=C(c2ccc(C[C@H](NC(=O)c3ccc(F)cc3Cl)C(=O)O)cc2)CC1. The molecule has 2 aromatic carbocycles. The molecule has 2 N–H and O–H groups in total. The molecule has 1 heterocycles. The van der Waals surface area contributed by atoms with Crippen LogP contribution in [0.3, 0.4) is 0 Å². The van der Waals surface area contributed by atoms with Crippen LogP contribution in [0.15, 0.2) is 48.5 Å². The Morgan fingerprint density at radius 2 is 1.91 bits per heavy atom. The Morgan fingerprint density at radius 3 is 2.44 bits per heavy atom. The molecule has 0 saturated carbocycles. The number of nitrogens with one attached hydrogen (secondary N) is 1. The number of amides is 1. The molecule has 0 radical (unpaired) electrons. The highest BCUT2D eigenvalue weighted by atomic mass is 35.5. The van der Waals surface area contributed by atoms with Gasteiger partial charge in [0.05, 0.1) is 16.8 Å². The van der Waals surface area contributed by atoms with Gasteiger partial charge in [-0.1, -0.05) is 41.9 Å². The fraction of sp³-hybridized carbons (Fsp3) is 0.273. The summed E-state index contributed by atoms with van der Waals surface area (Å²) in [5, 5.41) is 11.8. The second-order valence-corrected chi connectivity index (χ2v) is 9.88. The van der Waals surface area contributed by atoms with Gasteiger partial charge in [0.15, 0.2) is 0 Å². The third kappa shape index (κ3) is 5.93. The van der Waals surface area contributed by atoms with Crippen molar-refractivity contribution in [1.29, 1.82) is 0 Å². The van der Waals surface area contributed by atoms with E-state index in [0.717, 1.165) is 23.3 Å². The number of carboxylic acids is 1. The monoisotopic (exact) mass is 480 g/mol. The maximum atomic E-state index is 13.2. The standard InChI is InChI=1S/C22H22ClFN2O5S/c1-32(30,31)26-10-8-16(9-11-26)15-4-2-14(3-5-15)12-20(22(28)29)25-21(27)18-7-6-17(24)13-19(18)23/h2-8,13,20H,9-12H2,1H3,(H,25,27)(H,28,29)/t20-/m0/s1. The number of rotatable bonds is 7. The Hall–Kier alpha value is -2.75. The van der Waals surface area contributed by atoms with Crippen molar-refractivity contribution in [1.82, 2.24) is 9.62 Å². The maximum Gasteiger partial charge on any atom is 0.326 e. The van der Waals surface area contributed by atoms with Crippen molar-refractivity contribution in [2.45, 2.75) is 18.9 Å². The van der Waals surface area contributed by atoms with Gasteiger partial charge in [-0.3, -0.25) is 4.79 Å². The predicted octanol–water partition coefficient (Wildman–Crippen LogP) is 2.95. The topological polar surface area (TPSA) is 104 Å². The average molecular weight is 481 g/mol. The number of carboxylic acid groups (broad SMARTS) is 1. The summed E-state index contributed by atoms with van der Waals surface area (Å²) in [6, 6.07) is 9.28. The van der Waals surface area contributed by atoms with Gasteiger partial charge >= 0.3 is 5.97 Å². The molecule has 1 aliphatic heterocycles. The van der Waals surface area contributed by atoms with Gasteiger partial charge < -0.3 is 10.4 Å². The minimum Gasteiger partial charge on any atom is -0.480 e. The number of aliphatic carboxylic acids is 1.